The molecule has 5 nitrogen and oxygen atoms in total. The van der Waals surface area contributed by atoms with E-state index < -0.39 is 0 Å². The van der Waals surface area contributed by atoms with E-state index in [1.807, 2.05) is 35.2 Å². The molecule has 1 aliphatic rings. The van der Waals surface area contributed by atoms with Crippen molar-refractivity contribution in [3.05, 3.63) is 53.3 Å². The normalized spacial score (nSPS) is 18.7. The molecule has 1 atom stereocenters. The number of nitrogens with zero attached hydrogens (tertiary/aromatic N) is 3. The minimum absolute atomic E-state index is 0.0319. The van der Waals surface area contributed by atoms with E-state index in [0.717, 1.165) is 12.1 Å². The van der Waals surface area contributed by atoms with Crippen molar-refractivity contribution in [2.45, 2.75) is 12.6 Å². The van der Waals surface area contributed by atoms with Crippen LogP contribution < -0.4 is 5.32 Å². The molecule has 2 aromatic rings. The Morgan fingerprint density at radius 1 is 1.38 bits per heavy atom. The molecular weight excluding hydrogens is 288 g/mol. The Bertz CT molecular complexity index is 614. The van der Waals surface area contributed by atoms with E-state index >= 15 is 0 Å². The number of piperazine rings is 1. The number of hydrogen-bond acceptors (Lipinski definition) is 3. The average Bonchev–Trinajstić information content (AvgIpc) is 3.01. The van der Waals surface area contributed by atoms with E-state index in [2.05, 4.69) is 10.4 Å². The third-order valence-corrected chi connectivity index (χ3v) is 4.03. The van der Waals surface area contributed by atoms with Gasteiger partial charge < -0.3 is 10.2 Å². The Balaban J connectivity index is 1.81. The van der Waals surface area contributed by atoms with E-state index in [-0.39, 0.29) is 18.5 Å². The molecule has 1 saturated heterocycles. The fraction of sp³-hybridized carbons (Fsp3) is 0.333. The van der Waals surface area contributed by atoms with Crippen LogP contribution in [0.4, 0.5) is 0 Å². The van der Waals surface area contributed by atoms with Crippen molar-refractivity contribution < 1.29 is 4.79 Å². The monoisotopic (exact) mass is 304 g/mol. The zero-order valence-corrected chi connectivity index (χ0v) is 12.3. The smallest absolute Gasteiger partial charge is 0.244 e. The number of carbonyl (C=O) groups excluding carboxylic acids is 1. The SMILES string of the molecule is O=C(Cn1cccn1)N1CCNCC1c1ccccc1Cl. The lowest BCUT2D eigenvalue weighted by atomic mass is 10.0. The summed E-state index contributed by atoms with van der Waals surface area (Å²) in [5.41, 5.74) is 0.986. The number of rotatable bonds is 3. The number of halogens is 1. The lowest BCUT2D eigenvalue weighted by Gasteiger charge is -2.37. The average molecular weight is 305 g/mol. The van der Waals surface area contributed by atoms with Crippen LogP contribution in [0.2, 0.25) is 5.02 Å². The van der Waals surface area contributed by atoms with E-state index in [4.69, 9.17) is 11.6 Å². The molecule has 0 radical (unpaired) electrons. The second kappa shape index (κ2) is 6.28. The summed E-state index contributed by atoms with van der Waals surface area (Å²) in [6, 6.07) is 9.48. The zero-order valence-electron chi connectivity index (χ0n) is 11.6. The van der Waals surface area contributed by atoms with Crippen LogP contribution in [-0.2, 0) is 11.3 Å². The first kappa shape index (κ1) is 14.1. The van der Waals surface area contributed by atoms with Crippen molar-refractivity contribution in [2.24, 2.45) is 0 Å². The molecule has 0 spiro atoms. The molecule has 1 unspecified atom stereocenters. The van der Waals surface area contributed by atoms with Crippen LogP contribution in [0.5, 0.6) is 0 Å². The van der Waals surface area contributed by atoms with Crippen LogP contribution in [0.25, 0.3) is 0 Å². The van der Waals surface area contributed by atoms with Crippen LogP contribution in [0.1, 0.15) is 11.6 Å². The minimum atomic E-state index is -0.0319. The van der Waals surface area contributed by atoms with Crippen molar-refractivity contribution >= 4 is 17.5 Å². The van der Waals surface area contributed by atoms with Crippen LogP contribution >= 0.6 is 11.6 Å². The molecule has 1 N–H and O–H groups in total. The van der Waals surface area contributed by atoms with Gasteiger partial charge in [-0.1, -0.05) is 29.8 Å². The summed E-state index contributed by atoms with van der Waals surface area (Å²) in [4.78, 5) is 14.4. The third-order valence-electron chi connectivity index (χ3n) is 3.68. The number of amides is 1. The lowest BCUT2D eigenvalue weighted by Crippen LogP contribution is -2.49. The number of aromatic nitrogens is 2. The maximum atomic E-state index is 12.6. The molecule has 21 heavy (non-hydrogen) atoms. The zero-order chi connectivity index (χ0) is 14.7. The molecule has 2 heterocycles. The quantitative estimate of drug-likeness (QED) is 0.939. The summed E-state index contributed by atoms with van der Waals surface area (Å²) in [7, 11) is 0. The summed E-state index contributed by atoms with van der Waals surface area (Å²) in [6.45, 7) is 2.45. The van der Waals surface area contributed by atoms with Gasteiger partial charge in [0.1, 0.15) is 6.54 Å². The summed E-state index contributed by atoms with van der Waals surface area (Å²) < 4.78 is 1.65. The molecule has 0 aliphatic carbocycles. The summed E-state index contributed by atoms with van der Waals surface area (Å²) in [6.07, 6.45) is 3.47. The van der Waals surface area contributed by atoms with E-state index in [9.17, 15) is 4.79 Å². The fourth-order valence-electron chi connectivity index (χ4n) is 2.65. The molecule has 1 fully saturated rings. The highest BCUT2D eigenvalue weighted by Gasteiger charge is 2.29. The van der Waals surface area contributed by atoms with E-state index in [0.29, 0.717) is 18.1 Å². The van der Waals surface area contributed by atoms with Crippen molar-refractivity contribution in [2.75, 3.05) is 19.6 Å². The van der Waals surface area contributed by atoms with Gasteiger partial charge in [-0.15, -0.1) is 0 Å². The molecule has 1 aromatic heterocycles. The largest absolute Gasteiger partial charge is 0.331 e. The van der Waals surface area contributed by atoms with Crippen molar-refractivity contribution in [3.8, 4) is 0 Å². The van der Waals surface area contributed by atoms with Gasteiger partial charge in [-0.3, -0.25) is 9.48 Å². The Morgan fingerprint density at radius 3 is 3.00 bits per heavy atom. The second-order valence-electron chi connectivity index (χ2n) is 5.03. The molecule has 1 aliphatic heterocycles. The molecule has 110 valence electrons. The summed E-state index contributed by atoms with van der Waals surface area (Å²) in [5.74, 6) is 0.0603. The lowest BCUT2D eigenvalue weighted by molar-refractivity contribution is -0.135. The molecule has 6 heteroatoms. The van der Waals surface area contributed by atoms with E-state index in [1.165, 1.54) is 0 Å². The van der Waals surface area contributed by atoms with Gasteiger partial charge in [0.2, 0.25) is 5.91 Å². The second-order valence-corrected chi connectivity index (χ2v) is 5.44. The first-order valence-electron chi connectivity index (χ1n) is 6.98. The highest BCUT2D eigenvalue weighted by molar-refractivity contribution is 6.31. The standard InChI is InChI=1S/C15H17ClN4O/c16-13-5-2-1-4-12(13)14-10-17-7-9-20(14)15(21)11-19-8-3-6-18-19/h1-6,8,14,17H,7,9-11H2. The third kappa shape index (κ3) is 3.09. The van der Waals surface area contributed by atoms with Gasteiger partial charge in [0, 0.05) is 37.1 Å². The highest BCUT2D eigenvalue weighted by Crippen LogP contribution is 2.28. The summed E-state index contributed by atoms with van der Waals surface area (Å²) >= 11 is 6.29. The Hall–Kier alpha value is -1.85. The van der Waals surface area contributed by atoms with E-state index in [1.54, 1.807) is 17.1 Å². The Kier molecular flexibility index (Phi) is 4.22. The first-order valence-corrected chi connectivity index (χ1v) is 7.35. The van der Waals surface area contributed by atoms with Gasteiger partial charge in [0.15, 0.2) is 0 Å². The van der Waals surface area contributed by atoms with Crippen LogP contribution in [-0.4, -0.2) is 40.2 Å². The maximum Gasteiger partial charge on any atom is 0.244 e. The predicted molar refractivity (Wildman–Crippen MR) is 81.0 cm³/mol. The molecule has 0 saturated carbocycles. The number of hydrogen-bond donors (Lipinski definition) is 1. The van der Waals surface area contributed by atoms with Gasteiger partial charge in [-0.25, -0.2) is 0 Å². The predicted octanol–water partition coefficient (Wildman–Crippen LogP) is 1.71. The fourth-order valence-corrected chi connectivity index (χ4v) is 2.91. The molecule has 0 bridgehead atoms. The van der Waals surface area contributed by atoms with Crippen LogP contribution in [0.3, 0.4) is 0 Å². The van der Waals surface area contributed by atoms with Gasteiger partial charge in [-0.05, 0) is 17.7 Å². The van der Waals surface area contributed by atoms with Gasteiger partial charge in [0.05, 0.1) is 6.04 Å². The van der Waals surface area contributed by atoms with Gasteiger partial charge >= 0.3 is 0 Å². The molecule has 1 amide bonds. The van der Waals surface area contributed by atoms with Crippen molar-refractivity contribution in [3.63, 3.8) is 0 Å². The van der Waals surface area contributed by atoms with Crippen molar-refractivity contribution in [1.82, 2.24) is 20.0 Å². The topological polar surface area (TPSA) is 50.2 Å². The molecular formula is C15H17ClN4O. The number of carbonyl (C=O) groups is 1. The molecule has 1 aromatic carbocycles. The number of benzene rings is 1. The maximum absolute atomic E-state index is 12.6. The minimum Gasteiger partial charge on any atom is -0.331 e. The highest BCUT2D eigenvalue weighted by atomic mass is 35.5. The van der Waals surface area contributed by atoms with Crippen LogP contribution in [0.15, 0.2) is 42.7 Å². The van der Waals surface area contributed by atoms with Gasteiger partial charge in [0.25, 0.3) is 0 Å². The van der Waals surface area contributed by atoms with Crippen LogP contribution in [0, 0.1) is 0 Å². The Labute approximate surface area is 128 Å². The van der Waals surface area contributed by atoms with Gasteiger partial charge in [-0.2, -0.15) is 5.10 Å². The molecule has 3 rings (SSSR count). The summed E-state index contributed by atoms with van der Waals surface area (Å²) in [5, 5.41) is 8.12. The first-order chi connectivity index (χ1) is 10.3. The number of nitrogens with one attached hydrogen (secondary N) is 1. The van der Waals surface area contributed by atoms with Crippen molar-refractivity contribution in [1.29, 1.82) is 0 Å². The Morgan fingerprint density at radius 2 is 2.24 bits per heavy atom.